The van der Waals surface area contributed by atoms with Crippen molar-refractivity contribution >= 4 is 62.2 Å². The Morgan fingerprint density at radius 2 is 1.25 bits per heavy atom. The van der Waals surface area contributed by atoms with Crippen LogP contribution in [-0.4, -0.2) is 91.0 Å². The molecule has 2 fully saturated rings. The zero-order chi connectivity index (χ0) is 50.0. The van der Waals surface area contributed by atoms with Crippen molar-refractivity contribution < 1.29 is 40.3 Å². The molecule has 2 N–H and O–H groups in total. The largest absolute Gasteiger partial charge is 0.417 e. The minimum Gasteiger partial charge on any atom is -0.368 e. The molecule has 0 spiro atoms. The van der Waals surface area contributed by atoms with Gasteiger partial charge in [0.1, 0.15) is 23.0 Å². The van der Waals surface area contributed by atoms with Gasteiger partial charge in [0.25, 0.3) is 11.8 Å². The van der Waals surface area contributed by atoms with Crippen LogP contribution in [0.1, 0.15) is 83.0 Å². The van der Waals surface area contributed by atoms with Crippen molar-refractivity contribution in [2.75, 3.05) is 36.8 Å². The molecule has 4 atom stereocenters. The number of benzene rings is 2. The van der Waals surface area contributed by atoms with Crippen LogP contribution in [0.25, 0.3) is 20.9 Å². The van der Waals surface area contributed by atoms with Crippen LogP contribution in [0.4, 0.5) is 42.5 Å². The SMILES string of the molecule is CC.Cc1nc(C(=O)N2CCC[C@@H](C(F)(F)F)[C@H]2CNc2ccc(C(F)(F)F)cn2)c(-c2ccccc2)s1.Cc1nc(C(=O)N2CCC[C@@H](C)[C@H]2CNc2ncc(Br)cn2)c(-c2ccc(F)cc2)s1. The molecule has 2 saturated heterocycles. The fourth-order valence-electron chi connectivity index (χ4n) is 8.23. The predicted octanol–water partition coefficient (Wildman–Crippen LogP) is 12.6. The van der Waals surface area contributed by atoms with Crippen molar-refractivity contribution in [3.05, 3.63) is 123 Å². The van der Waals surface area contributed by atoms with E-state index in [0.29, 0.717) is 46.7 Å². The Labute approximate surface area is 412 Å². The van der Waals surface area contributed by atoms with Gasteiger partial charge < -0.3 is 20.4 Å². The highest BCUT2D eigenvalue weighted by atomic mass is 79.9. The third-order valence-corrected chi connectivity index (χ3v) is 14.0. The van der Waals surface area contributed by atoms with Crippen molar-refractivity contribution in [1.82, 2.24) is 34.7 Å². The summed E-state index contributed by atoms with van der Waals surface area (Å²) in [5, 5.41) is 7.38. The van der Waals surface area contributed by atoms with Gasteiger partial charge in [-0.3, -0.25) is 9.59 Å². The molecule has 2 amide bonds. The van der Waals surface area contributed by atoms with Gasteiger partial charge in [0, 0.05) is 44.8 Å². The second-order valence-electron chi connectivity index (χ2n) is 16.2. The summed E-state index contributed by atoms with van der Waals surface area (Å²) in [4.78, 5) is 52.8. The van der Waals surface area contributed by atoms with Gasteiger partial charge in [-0.05, 0) is 96.8 Å². The first kappa shape index (κ1) is 52.8. The maximum atomic E-state index is 14.0. The number of rotatable bonds is 10. The topological polar surface area (TPSA) is 129 Å². The average Bonchev–Trinajstić information content (AvgIpc) is 3.93. The van der Waals surface area contributed by atoms with E-state index in [1.165, 1.54) is 39.7 Å². The van der Waals surface area contributed by atoms with Gasteiger partial charge in [-0.15, -0.1) is 22.7 Å². The molecular formula is C48H51BrF7N9O2S2. The lowest BCUT2D eigenvalue weighted by Crippen LogP contribution is -2.55. The number of aromatic nitrogens is 5. The number of nitrogens with zero attached hydrogens (tertiary/aromatic N) is 7. The number of likely N-dealkylation sites (tertiary alicyclic amines) is 2. The highest BCUT2D eigenvalue weighted by Gasteiger charge is 2.50. The number of pyridine rings is 1. The standard InChI is InChI=1S/C24H22F6N4OS.C22H23BrFN5OS.C2H6/c1-14-33-20(21(36-14)15-6-3-2-4-7-15)22(35)34-11-5-8-17(24(28,29)30)18(34)13-32-19-10-9-16(12-31-19)23(25,26)27;1-13-4-3-9-29(18(13)12-27-22-25-10-16(23)11-26-22)21(30)19-20(31-14(2)28-19)15-5-7-17(24)8-6-15;1-2/h2-4,6-7,9-10,12,17-18H,5,8,11,13H2,1H3,(H,31,32);5-8,10-11,13,18H,3-4,9,12H2,1-2H3,(H,25,26,27);1-2H3/t17-,18-;13-,18-;/m11./s1. The molecule has 0 saturated carbocycles. The van der Waals surface area contributed by atoms with E-state index >= 15 is 0 Å². The molecule has 11 nitrogen and oxygen atoms in total. The number of carbonyl (C=O) groups excluding carboxylic acids is 2. The highest BCUT2D eigenvalue weighted by molar-refractivity contribution is 9.10. The number of nitrogens with one attached hydrogen (secondary N) is 2. The number of anilines is 2. The number of piperidine rings is 2. The summed E-state index contributed by atoms with van der Waals surface area (Å²) in [6.07, 6.45) is -3.16. The molecule has 6 aromatic rings. The molecule has 0 bridgehead atoms. The molecule has 2 aliphatic rings. The first-order valence-electron chi connectivity index (χ1n) is 22.3. The van der Waals surface area contributed by atoms with Crippen molar-refractivity contribution in [1.29, 1.82) is 0 Å². The third kappa shape index (κ3) is 13.4. The first-order chi connectivity index (χ1) is 32.9. The Kier molecular flexibility index (Phi) is 17.9. The monoisotopic (exact) mass is 1060 g/mol. The van der Waals surface area contributed by atoms with Crippen LogP contribution in [0.15, 0.2) is 89.8 Å². The Bertz CT molecular complexity index is 2620. The average molecular weight is 1060 g/mol. The second-order valence-corrected chi connectivity index (χ2v) is 19.5. The normalized spacial score (nSPS) is 18.3. The smallest absolute Gasteiger partial charge is 0.368 e. The lowest BCUT2D eigenvalue weighted by Gasteiger charge is -2.42. The van der Waals surface area contributed by atoms with Crippen LogP contribution >= 0.6 is 38.6 Å². The number of halogens is 8. The van der Waals surface area contributed by atoms with Gasteiger partial charge in [0.2, 0.25) is 5.95 Å². The van der Waals surface area contributed by atoms with Gasteiger partial charge >= 0.3 is 12.4 Å². The molecule has 0 unspecified atom stereocenters. The number of hydrogen-bond acceptors (Lipinski definition) is 11. The van der Waals surface area contributed by atoms with E-state index in [-0.39, 0.29) is 55.2 Å². The van der Waals surface area contributed by atoms with Crippen LogP contribution in [0.3, 0.4) is 0 Å². The summed E-state index contributed by atoms with van der Waals surface area (Å²) in [6, 6.07) is 15.8. The quantitative estimate of drug-likeness (QED) is 0.129. The Balaban J connectivity index is 0.000000221. The minimum absolute atomic E-state index is 0.00318. The molecule has 368 valence electrons. The lowest BCUT2D eigenvalue weighted by molar-refractivity contribution is -0.196. The van der Waals surface area contributed by atoms with E-state index in [1.54, 1.807) is 55.7 Å². The van der Waals surface area contributed by atoms with Crippen LogP contribution in [-0.2, 0) is 6.18 Å². The predicted molar refractivity (Wildman–Crippen MR) is 259 cm³/mol. The highest BCUT2D eigenvalue weighted by Crippen LogP contribution is 2.40. The molecule has 8 rings (SSSR count). The van der Waals surface area contributed by atoms with Gasteiger partial charge in [0.15, 0.2) is 0 Å². The zero-order valence-electron chi connectivity index (χ0n) is 38.3. The number of thiazole rings is 2. The van der Waals surface area contributed by atoms with Crippen molar-refractivity contribution in [3.8, 4) is 20.9 Å². The molecular weight excluding hydrogens is 1010 g/mol. The van der Waals surface area contributed by atoms with E-state index in [1.807, 2.05) is 31.7 Å². The maximum Gasteiger partial charge on any atom is 0.417 e. The number of carbonyl (C=O) groups is 2. The fourth-order valence-corrected chi connectivity index (χ4v) is 10.3. The summed E-state index contributed by atoms with van der Waals surface area (Å²) in [5.41, 5.74) is 1.10. The molecule has 4 aromatic heterocycles. The molecule has 6 heterocycles. The molecule has 69 heavy (non-hydrogen) atoms. The van der Waals surface area contributed by atoms with E-state index in [9.17, 15) is 40.3 Å². The van der Waals surface area contributed by atoms with Crippen LogP contribution in [0, 0.1) is 31.5 Å². The molecule has 0 aliphatic carbocycles. The van der Waals surface area contributed by atoms with Gasteiger partial charge in [0.05, 0.1) is 47.8 Å². The number of alkyl halides is 6. The molecule has 2 aliphatic heterocycles. The Hall–Kier alpha value is -5.54. The van der Waals surface area contributed by atoms with E-state index < -0.39 is 35.8 Å². The van der Waals surface area contributed by atoms with Gasteiger partial charge in [-0.1, -0.05) is 63.2 Å². The number of hydrogen-bond donors (Lipinski definition) is 2. The number of amides is 2. The fraction of sp³-hybridized carbons (Fsp3) is 0.396. The molecule has 0 radical (unpaired) electrons. The van der Waals surface area contributed by atoms with Crippen LogP contribution in [0.2, 0.25) is 0 Å². The Morgan fingerprint density at radius 3 is 1.78 bits per heavy atom. The summed E-state index contributed by atoms with van der Waals surface area (Å²) in [5.74, 6) is -1.96. The minimum atomic E-state index is -4.58. The van der Waals surface area contributed by atoms with Crippen LogP contribution in [0.5, 0.6) is 0 Å². The Morgan fingerprint density at radius 1 is 0.710 bits per heavy atom. The molecule has 21 heteroatoms. The lowest BCUT2D eigenvalue weighted by atomic mass is 9.88. The van der Waals surface area contributed by atoms with E-state index in [4.69, 9.17) is 0 Å². The van der Waals surface area contributed by atoms with E-state index in [2.05, 4.69) is 58.4 Å². The van der Waals surface area contributed by atoms with Crippen LogP contribution < -0.4 is 10.6 Å². The first-order valence-corrected chi connectivity index (χ1v) is 24.7. The van der Waals surface area contributed by atoms with Crippen molar-refractivity contribution in [2.45, 2.75) is 84.7 Å². The zero-order valence-corrected chi connectivity index (χ0v) is 41.6. The van der Waals surface area contributed by atoms with Crippen molar-refractivity contribution in [2.24, 2.45) is 11.8 Å². The summed E-state index contributed by atoms with van der Waals surface area (Å²) < 4.78 is 94.5. The third-order valence-electron chi connectivity index (χ3n) is 11.5. The van der Waals surface area contributed by atoms with Gasteiger partial charge in [-0.2, -0.15) is 26.3 Å². The molecule has 2 aromatic carbocycles. The second kappa shape index (κ2) is 23.4. The summed E-state index contributed by atoms with van der Waals surface area (Å²) in [7, 11) is 0. The number of aryl methyl sites for hydroxylation is 2. The van der Waals surface area contributed by atoms with Gasteiger partial charge in [-0.25, -0.2) is 29.3 Å². The summed E-state index contributed by atoms with van der Waals surface area (Å²) >= 11 is 6.08. The maximum absolute atomic E-state index is 14.0. The van der Waals surface area contributed by atoms with Crippen molar-refractivity contribution in [3.63, 3.8) is 0 Å². The summed E-state index contributed by atoms with van der Waals surface area (Å²) in [6.45, 7) is 10.8. The van der Waals surface area contributed by atoms with E-state index in [0.717, 1.165) is 50.5 Å².